The molecule has 0 spiro atoms. The third-order valence-electron chi connectivity index (χ3n) is 3.96. The molecule has 0 aliphatic carbocycles. The maximum atomic E-state index is 12.4. The van der Waals surface area contributed by atoms with E-state index in [1.54, 1.807) is 61.5 Å². The molecule has 6 nitrogen and oxygen atoms in total. The summed E-state index contributed by atoms with van der Waals surface area (Å²) in [4.78, 5) is 28.3. The Hall–Kier alpha value is -3.22. The fourth-order valence-electron chi connectivity index (χ4n) is 2.42. The van der Waals surface area contributed by atoms with E-state index in [0.29, 0.717) is 22.0 Å². The molecular weight excluding hydrogens is 411 g/mol. The minimum Gasteiger partial charge on any atom is -0.322 e. The Morgan fingerprint density at radius 1 is 0.966 bits per heavy atom. The number of hydrazone groups is 1. The molecule has 2 amide bonds. The molecule has 0 radical (unpaired) electrons. The molecule has 0 bridgehead atoms. The molecule has 29 heavy (non-hydrogen) atoms. The van der Waals surface area contributed by atoms with Crippen molar-refractivity contribution in [1.29, 1.82) is 0 Å². The predicted octanol–water partition coefficient (Wildman–Crippen LogP) is 4.79. The summed E-state index contributed by atoms with van der Waals surface area (Å²) in [5, 5.41) is 7.60. The van der Waals surface area contributed by atoms with Crippen molar-refractivity contribution < 1.29 is 9.59 Å². The fraction of sp³-hybridized carbons (Fsp3) is 0.0476. The summed E-state index contributed by atoms with van der Waals surface area (Å²) in [6, 6.07) is 16.8. The van der Waals surface area contributed by atoms with E-state index in [9.17, 15) is 9.59 Å². The normalized spacial score (nSPS) is 11.1. The third kappa shape index (κ3) is 5.40. The molecule has 0 saturated heterocycles. The first-order chi connectivity index (χ1) is 13.9. The van der Waals surface area contributed by atoms with E-state index in [0.717, 1.165) is 5.56 Å². The minimum atomic E-state index is -0.395. The zero-order valence-corrected chi connectivity index (χ0v) is 16.8. The van der Waals surface area contributed by atoms with Crippen LogP contribution in [0, 0.1) is 0 Å². The van der Waals surface area contributed by atoms with Crippen LogP contribution in [0.1, 0.15) is 33.3 Å². The molecule has 0 fully saturated rings. The van der Waals surface area contributed by atoms with Gasteiger partial charge in [-0.15, -0.1) is 0 Å². The lowest BCUT2D eigenvalue weighted by Crippen LogP contribution is -2.20. The van der Waals surface area contributed by atoms with E-state index in [-0.39, 0.29) is 16.6 Å². The highest BCUT2D eigenvalue weighted by Gasteiger charge is 2.11. The summed E-state index contributed by atoms with van der Waals surface area (Å²) in [6.45, 7) is 1.76. The van der Waals surface area contributed by atoms with Crippen molar-refractivity contribution in [2.45, 2.75) is 6.92 Å². The number of hydrogen-bond donors (Lipinski definition) is 2. The van der Waals surface area contributed by atoms with Gasteiger partial charge in [-0.25, -0.2) is 5.43 Å². The molecule has 2 N–H and O–H groups in total. The number of nitrogens with one attached hydrogen (secondary N) is 2. The number of pyridine rings is 1. The van der Waals surface area contributed by atoms with Gasteiger partial charge in [-0.05, 0) is 55.0 Å². The second kappa shape index (κ2) is 9.32. The summed E-state index contributed by atoms with van der Waals surface area (Å²) in [5.74, 6) is -0.735. The highest BCUT2D eigenvalue weighted by atomic mass is 35.5. The van der Waals surface area contributed by atoms with Crippen LogP contribution in [0.2, 0.25) is 10.0 Å². The van der Waals surface area contributed by atoms with Crippen LogP contribution in [0.25, 0.3) is 0 Å². The molecule has 0 saturated carbocycles. The van der Waals surface area contributed by atoms with Crippen molar-refractivity contribution in [2.75, 3.05) is 5.32 Å². The molecule has 2 aromatic carbocycles. The average molecular weight is 427 g/mol. The minimum absolute atomic E-state index is 0.276. The van der Waals surface area contributed by atoms with Crippen molar-refractivity contribution in [3.8, 4) is 0 Å². The molecule has 0 unspecified atom stereocenters. The Labute approximate surface area is 177 Å². The van der Waals surface area contributed by atoms with Gasteiger partial charge in [0, 0.05) is 16.9 Å². The highest BCUT2D eigenvalue weighted by molar-refractivity contribution is 6.37. The van der Waals surface area contributed by atoms with Gasteiger partial charge in [0.05, 0.1) is 16.3 Å². The molecule has 0 aliphatic heterocycles. The van der Waals surface area contributed by atoms with Crippen molar-refractivity contribution >= 4 is 46.4 Å². The van der Waals surface area contributed by atoms with E-state index >= 15 is 0 Å². The molecule has 1 heterocycles. The smallest absolute Gasteiger partial charge is 0.289 e. The molecular formula is C21H16Cl2N4O2. The van der Waals surface area contributed by atoms with Gasteiger partial charge < -0.3 is 5.32 Å². The molecule has 146 valence electrons. The fourth-order valence-corrected chi connectivity index (χ4v) is 2.91. The van der Waals surface area contributed by atoms with Crippen LogP contribution >= 0.6 is 23.2 Å². The zero-order chi connectivity index (χ0) is 20.8. The van der Waals surface area contributed by atoms with Crippen LogP contribution in [0.4, 0.5) is 5.69 Å². The standard InChI is InChI=1S/C21H16Cl2N4O2/c1-13(26-27-21(29)19-4-2-3-11-24-19)14-5-8-16(9-6-14)25-20(28)17-10-7-15(22)12-18(17)23/h2-12H,1H3,(H,25,28)(H,27,29). The maximum Gasteiger partial charge on any atom is 0.289 e. The number of carbonyl (C=O) groups is 2. The monoisotopic (exact) mass is 426 g/mol. The van der Waals surface area contributed by atoms with E-state index in [1.807, 2.05) is 0 Å². The van der Waals surface area contributed by atoms with Gasteiger partial charge >= 0.3 is 0 Å². The van der Waals surface area contributed by atoms with Crippen molar-refractivity contribution in [2.24, 2.45) is 5.10 Å². The summed E-state index contributed by atoms with van der Waals surface area (Å²) >= 11 is 11.9. The highest BCUT2D eigenvalue weighted by Crippen LogP contribution is 2.22. The van der Waals surface area contributed by atoms with Crippen LogP contribution in [-0.2, 0) is 0 Å². The van der Waals surface area contributed by atoms with Gasteiger partial charge in [0.25, 0.3) is 11.8 Å². The lowest BCUT2D eigenvalue weighted by Gasteiger charge is -2.08. The van der Waals surface area contributed by atoms with Gasteiger partial charge in [-0.2, -0.15) is 5.10 Å². The zero-order valence-electron chi connectivity index (χ0n) is 15.3. The summed E-state index contributed by atoms with van der Waals surface area (Å²) in [6.07, 6.45) is 1.54. The van der Waals surface area contributed by atoms with Crippen LogP contribution in [0.3, 0.4) is 0 Å². The third-order valence-corrected chi connectivity index (χ3v) is 4.51. The molecule has 1 aromatic heterocycles. The Morgan fingerprint density at radius 2 is 1.72 bits per heavy atom. The van der Waals surface area contributed by atoms with Crippen LogP contribution in [-0.4, -0.2) is 22.5 Å². The van der Waals surface area contributed by atoms with Crippen molar-refractivity contribution in [3.05, 3.63) is 93.7 Å². The Morgan fingerprint density at radius 3 is 2.38 bits per heavy atom. The van der Waals surface area contributed by atoms with E-state index in [1.165, 1.54) is 12.3 Å². The van der Waals surface area contributed by atoms with Gasteiger partial charge in [0.1, 0.15) is 5.69 Å². The summed E-state index contributed by atoms with van der Waals surface area (Å²) < 4.78 is 0. The van der Waals surface area contributed by atoms with Gasteiger partial charge in [-0.3, -0.25) is 14.6 Å². The Balaban J connectivity index is 1.64. The van der Waals surface area contributed by atoms with Gasteiger partial charge in [0.15, 0.2) is 0 Å². The first-order valence-electron chi connectivity index (χ1n) is 8.56. The quantitative estimate of drug-likeness (QED) is 0.454. The number of anilines is 1. The Bertz CT molecular complexity index is 1070. The van der Waals surface area contributed by atoms with E-state index in [4.69, 9.17) is 23.2 Å². The van der Waals surface area contributed by atoms with Crippen molar-refractivity contribution in [1.82, 2.24) is 10.4 Å². The molecule has 3 rings (SSSR count). The topological polar surface area (TPSA) is 83.4 Å². The first-order valence-corrected chi connectivity index (χ1v) is 9.32. The molecule has 8 heteroatoms. The first kappa shape index (κ1) is 20.5. The predicted molar refractivity (Wildman–Crippen MR) is 115 cm³/mol. The summed E-state index contributed by atoms with van der Waals surface area (Å²) in [5.41, 5.74) is 5.06. The van der Waals surface area contributed by atoms with E-state index < -0.39 is 5.91 Å². The average Bonchev–Trinajstić information content (AvgIpc) is 2.72. The van der Waals surface area contributed by atoms with Crippen molar-refractivity contribution in [3.63, 3.8) is 0 Å². The van der Waals surface area contributed by atoms with Gasteiger partial charge in [-0.1, -0.05) is 41.4 Å². The van der Waals surface area contributed by atoms with Crippen LogP contribution < -0.4 is 10.7 Å². The number of rotatable bonds is 5. The number of benzene rings is 2. The lowest BCUT2D eigenvalue weighted by atomic mass is 10.1. The number of carbonyl (C=O) groups excluding carboxylic acids is 2. The number of hydrogen-bond acceptors (Lipinski definition) is 4. The maximum absolute atomic E-state index is 12.4. The number of nitrogens with zero attached hydrogens (tertiary/aromatic N) is 2. The van der Waals surface area contributed by atoms with Gasteiger partial charge in [0.2, 0.25) is 0 Å². The number of amides is 2. The van der Waals surface area contributed by atoms with E-state index in [2.05, 4.69) is 20.8 Å². The number of aromatic nitrogens is 1. The second-order valence-corrected chi connectivity index (χ2v) is 6.85. The second-order valence-electron chi connectivity index (χ2n) is 6.01. The molecule has 0 aliphatic rings. The SMILES string of the molecule is CC(=NNC(=O)c1ccccn1)c1ccc(NC(=O)c2ccc(Cl)cc2Cl)cc1. The summed E-state index contributed by atoms with van der Waals surface area (Å²) in [7, 11) is 0. The van der Waals surface area contributed by atoms with Crippen LogP contribution in [0.15, 0.2) is 72.0 Å². The molecule has 0 atom stereocenters. The largest absolute Gasteiger partial charge is 0.322 e. The number of halogens is 2. The lowest BCUT2D eigenvalue weighted by molar-refractivity contribution is 0.0949. The van der Waals surface area contributed by atoms with Crippen LogP contribution in [0.5, 0.6) is 0 Å². The molecule has 3 aromatic rings. The Kier molecular flexibility index (Phi) is 6.59.